The van der Waals surface area contributed by atoms with Crippen molar-refractivity contribution in [3.63, 3.8) is 0 Å². The summed E-state index contributed by atoms with van der Waals surface area (Å²) in [6.45, 7) is 12.0. The molecule has 2 heterocycles. The number of allylic oxidation sites excluding steroid dienone is 6. The van der Waals surface area contributed by atoms with Crippen LogP contribution in [0.1, 0.15) is 80.9 Å². The molecule has 0 aromatic heterocycles. The summed E-state index contributed by atoms with van der Waals surface area (Å²) in [6.07, 6.45) is 6.46. The fraction of sp³-hybridized carbons (Fsp3) is 0.302. The maximum atomic E-state index is 13.4. The van der Waals surface area contributed by atoms with Gasteiger partial charge in [-0.05, 0) is 122 Å². The molecular formula is C53H60N4NaO20S6+. The first-order valence-corrected chi connectivity index (χ1v) is 34.0. The van der Waals surface area contributed by atoms with Crippen LogP contribution in [0.5, 0.6) is 0 Å². The number of hydrogen-bond acceptors (Lipinski definition) is 15. The van der Waals surface area contributed by atoms with Gasteiger partial charge in [-0.1, -0.05) is 44.7 Å². The predicted octanol–water partition coefficient (Wildman–Crippen LogP) is 5.40. The van der Waals surface area contributed by atoms with Crippen molar-refractivity contribution in [3.05, 3.63) is 137 Å². The van der Waals surface area contributed by atoms with Crippen LogP contribution >= 0.6 is 0 Å². The number of fused-ring (bicyclic) bond motifs is 6. The Labute approximate surface area is 508 Å². The minimum atomic E-state index is -5.15. The van der Waals surface area contributed by atoms with Crippen LogP contribution in [0.15, 0.2) is 135 Å². The van der Waals surface area contributed by atoms with E-state index in [9.17, 15) is 87.4 Å². The van der Waals surface area contributed by atoms with Crippen molar-refractivity contribution in [2.45, 2.75) is 84.3 Å². The molecule has 7 rings (SSSR count). The van der Waals surface area contributed by atoms with Crippen molar-refractivity contribution in [3.8, 4) is 0 Å². The molecule has 0 aliphatic carbocycles. The molecule has 2 amide bonds. The number of amides is 2. The second-order valence-electron chi connectivity index (χ2n) is 20.8. The molecular weight excluding hydrogens is 1230 g/mol. The van der Waals surface area contributed by atoms with Gasteiger partial charge in [-0.3, -0.25) is 36.9 Å². The van der Waals surface area contributed by atoms with Crippen molar-refractivity contribution in [2.75, 3.05) is 42.6 Å². The SMILES string of the molecule is C=C(C)C(=O)NCCCNC(=O)c1ccc(C(=C\C=C2/N(CCCS(=O)(=O)O)c3ccc4c(S(=O)(=O)O)cc(S(=O)(=O)O)cc4c3C2(C)C)/C=C/C2=[N+](CCCS(=O)(=O)O)c3ccc4c(S(=O)(=O)O)cc(S(=O)(=O)O)cc4c3C2(C)C)cc1.[NaH]. The zero-order valence-corrected chi connectivity index (χ0v) is 50.0. The number of benzene rings is 5. The fourth-order valence-electron chi connectivity index (χ4n) is 10.4. The van der Waals surface area contributed by atoms with Crippen LogP contribution in [0, 0.1) is 0 Å². The first-order valence-electron chi connectivity index (χ1n) is 25.0. The first kappa shape index (κ1) is 67.6. The van der Waals surface area contributed by atoms with Gasteiger partial charge in [0.2, 0.25) is 11.6 Å². The molecule has 0 spiro atoms. The summed E-state index contributed by atoms with van der Waals surface area (Å²) in [5, 5.41) is 5.10. The van der Waals surface area contributed by atoms with Gasteiger partial charge in [0.15, 0.2) is 5.71 Å². The van der Waals surface area contributed by atoms with Crippen LogP contribution in [0.25, 0.3) is 27.1 Å². The van der Waals surface area contributed by atoms with Crippen molar-refractivity contribution in [1.82, 2.24) is 10.6 Å². The number of rotatable bonds is 22. The minimum absolute atomic E-state index is 0. The van der Waals surface area contributed by atoms with Gasteiger partial charge in [-0.2, -0.15) is 55.1 Å². The molecule has 0 radical (unpaired) electrons. The number of carbonyl (C=O) groups excluding carboxylic acids is 2. The molecule has 5 aromatic rings. The quantitative estimate of drug-likeness (QED) is 0.0107. The summed E-state index contributed by atoms with van der Waals surface area (Å²) >= 11 is 0. The Bertz CT molecular complexity index is 4420. The summed E-state index contributed by atoms with van der Waals surface area (Å²) in [7, 11) is -29.6. The Morgan fingerprint density at radius 2 is 1.11 bits per heavy atom. The fourth-order valence-corrected chi connectivity index (χ4v) is 14.1. The van der Waals surface area contributed by atoms with E-state index in [2.05, 4.69) is 17.2 Å². The summed E-state index contributed by atoms with van der Waals surface area (Å²) < 4.78 is 212. The third-order valence-electron chi connectivity index (χ3n) is 14.1. The average molecular weight is 1290 g/mol. The van der Waals surface area contributed by atoms with Crippen LogP contribution < -0.4 is 15.5 Å². The Kier molecular flexibility index (Phi) is 19.8. The third-order valence-corrected chi connectivity index (χ3v) is 19.2. The molecule has 0 bridgehead atoms. The molecule has 5 aromatic carbocycles. The molecule has 31 heteroatoms. The standard InChI is InChI=1S/C53H58N4O20S6.Na.H/c1-32(2)50(58)54-22-7-23-55-51(59)35-12-10-33(11-13-35)34(14-20-46-52(3,4)48-40-28-36(80(66,67)68)30-44(82(72,73)74)38(40)16-18-42(48)56(46)24-8-26-78(60,61)62)15-21-47-53(5,6)49-41-29-37(81(69,70)71)31-45(83(75,76)77)39(41)17-19-43(49)57(47)25-9-27-79(63,64)65;;/h10-21,28-31H,1,7-9,22-27H2,2-6H3,(H7-,54,55,58,59,60,61,62,63,64,65,66,67,68,69,70,71,72,73,74,75,76,77);;/p+1. The first-order chi connectivity index (χ1) is 38.1. The van der Waals surface area contributed by atoms with Crippen LogP contribution in [-0.2, 0) is 76.3 Å². The molecule has 2 aliphatic rings. The molecule has 8 N–H and O–H groups in total. The van der Waals surface area contributed by atoms with Gasteiger partial charge in [0.25, 0.3) is 66.6 Å². The van der Waals surface area contributed by atoms with E-state index in [1.807, 2.05) is 0 Å². The van der Waals surface area contributed by atoms with Crippen LogP contribution in [-0.4, -0.2) is 167 Å². The summed E-state index contributed by atoms with van der Waals surface area (Å²) in [5.74, 6) is -2.24. The molecule has 2 aliphatic heterocycles. The third kappa shape index (κ3) is 15.0. The normalized spacial score (nSPS) is 16.1. The van der Waals surface area contributed by atoms with E-state index < -0.39 is 109 Å². The van der Waals surface area contributed by atoms with E-state index in [4.69, 9.17) is 0 Å². The number of anilines is 1. The van der Waals surface area contributed by atoms with Crippen molar-refractivity contribution >= 4 is 146 Å². The molecule has 0 atom stereocenters. The molecule has 448 valence electrons. The number of hydrogen-bond donors (Lipinski definition) is 8. The van der Waals surface area contributed by atoms with E-state index >= 15 is 0 Å². The zero-order chi connectivity index (χ0) is 61.8. The van der Waals surface area contributed by atoms with Crippen molar-refractivity contribution in [1.29, 1.82) is 0 Å². The predicted molar refractivity (Wildman–Crippen MR) is 316 cm³/mol. The Hall–Kier alpha value is -5.55. The van der Waals surface area contributed by atoms with Crippen LogP contribution in [0.3, 0.4) is 0 Å². The topological polar surface area (TPSA) is 391 Å². The van der Waals surface area contributed by atoms with E-state index in [1.165, 1.54) is 36.4 Å². The molecule has 24 nitrogen and oxygen atoms in total. The van der Waals surface area contributed by atoms with Crippen LogP contribution in [0.4, 0.5) is 11.4 Å². The Balaban J connectivity index is 0.0000113. The number of nitrogens with zero attached hydrogens (tertiary/aromatic N) is 2. The van der Waals surface area contributed by atoms with Crippen LogP contribution in [0.2, 0.25) is 0 Å². The molecule has 84 heavy (non-hydrogen) atoms. The monoisotopic (exact) mass is 1290 g/mol. The molecule has 0 unspecified atom stereocenters. The van der Waals surface area contributed by atoms with Gasteiger partial charge in [-0.25, -0.2) is 0 Å². The van der Waals surface area contributed by atoms with Gasteiger partial charge in [0, 0.05) is 82.5 Å². The van der Waals surface area contributed by atoms with Gasteiger partial charge in [-0.15, -0.1) is 0 Å². The van der Waals surface area contributed by atoms with Crippen molar-refractivity contribution in [2.24, 2.45) is 0 Å². The van der Waals surface area contributed by atoms with E-state index in [0.29, 0.717) is 58.0 Å². The van der Waals surface area contributed by atoms with E-state index in [-0.39, 0.29) is 113 Å². The van der Waals surface area contributed by atoms with Gasteiger partial charge < -0.3 is 15.5 Å². The Morgan fingerprint density at radius 1 is 0.607 bits per heavy atom. The number of carbonyl (C=O) groups is 2. The Morgan fingerprint density at radius 3 is 1.62 bits per heavy atom. The van der Waals surface area contributed by atoms with E-state index in [0.717, 1.165) is 12.1 Å². The molecule has 0 fully saturated rings. The van der Waals surface area contributed by atoms with Gasteiger partial charge >= 0.3 is 29.6 Å². The van der Waals surface area contributed by atoms with Crippen molar-refractivity contribution < 1.29 is 92.0 Å². The van der Waals surface area contributed by atoms with Gasteiger partial charge in [0.05, 0.1) is 26.7 Å². The summed E-state index contributed by atoms with van der Waals surface area (Å²) in [5.41, 5.74) is 0.597. The number of nitrogens with one attached hydrogen (secondary N) is 2. The summed E-state index contributed by atoms with van der Waals surface area (Å²) in [6, 6.07) is 15.0. The molecule has 0 saturated heterocycles. The average Bonchev–Trinajstić information content (AvgIpc) is 1.55. The molecule has 0 saturated carbocycles. The van der Waals surface area contributed by atoms with Gasteiger partial charge in [0.1, 0.15) is 16.3 Å². The van der Waals surface area contributed by atoms with E-state index in [1.54, 1.807) is 80.5 Å². The second-order valence-corrected chi connectivity index (χ2v) is 29.6. The summed E-state index contributed by atoms with van der Waals surface area (Å²) in [4.78, 5) is 23.5. The second kappa shape index (κ2) is 24.7. The maximum absolute atomic E-state index is 13.4. The zero-order valence-electron chi connectivity index (χ0n) is 45.1.